The van der Waals surface area contributed by atoms with Crippen molar-refractivity contribution < 1.29 is 0 Å². The number of nitrogens with one attached hydrogen (secondary N) is 2. The maximum Gasteiger partial charge on any atom is 0.163 e. The molecule has 0 aliphatic carbocycles. The monoisotopic (exact) mass is 268 g/mol. The predicted molar refractivity (Wildman–Crippen MR) is 77.1 cm³/mol. The van der Waals surface area contributed by atoms with Gasteiger partial charge in [-0.1, -0.05) is 0 Å². The van der Waals surface area contributed by atoms with Crippen LogP contribution < -0.4 is 5.32 Å². The summed E-state index contributed by atoms with van der Waals surface area (Å²) in [7, 11) is 1.93. The zero-order valence-electron chi connectivity index (χ0n) is 11.4. The first kappa shape index (κ1) is 12.4. The molecule has 3 rings (SSSR count). The topological polar surface area (TPSA) is 71.4 Å². The second-order valence-electron chi connectivity index (χ2n) is 4.72. The van der Waals surface area contributed by atoms with Crippen molar-refractivity contribution in [3.05, 3.63) is 48.5 Å². The van der Waals surface area contributed by atoms with Crippen LogP contribution in [0, 0.1) is 0 Å². The predicted octanol–water partition coefficient (Wildman–Crippen LogP) is 2.38. The van der Waals surface area contributed by atoms with Gasteiger partial charge in [0.05, 0.1) is 11.7 Å². The molecule has 2 N–H and O–H groups in total. The zero-order chi connectivity index (χ0) is 13.9. The van der Waals surface area contributed by atoms with Crippen LogP contribution in [0.25, 0.3) is 11.4 Å². The second kappa shape index (κ2) is 5.16. The van der Waals surface area contributed by atoms with Gasteiger partial charge in [0.1, 0.15) is 6.33 Å². The highest BCUT2D eigenvalue weighted by Gasteiger charge is 2.07. The van der Waals surface area contributed by atoms with E-state index in [2.05, 4.69) is 32.6 Å². The molecule has 1 unspecified atom stereocenters. The van der Waals surface area contributed by atoms with Crippen molar-refractivity contribution in [2.75, 3.05) is 5.32 Å². The fraction of sp³-hybridized carbons (Fsp3) is 0.214. The number of H-pyrrole nitrogens is 1. The van der Waals surface area contributed by atoms with Crippen LogP contribution in [-0.4, -0.2) is 25.0 Å². The first-order chi connectivity index (χ1) is 9.74. The summed E-state index contributed by atoms with van der Waals surface area (Å²) in [4.78, 5) is 0. The highest BCUT2D eigenvalue weighted by Crippen LogP contribution is 2.21. The number of nitrogens with zero attached hydrogens (tertiary/aromatic N) is 4. The molecule has 0 aliphatic heterocycles. The van der Waals surface area contributed by atoms with E-state index in [-0.39, 0.29) is 6.04 Å². The third kappa shape index (κ3) is 2.40. The molecule has 0 aliphatic rings. The fourth-order valence-corrected chi connectivity index (χ4v) is 2.10. The van der Waals surface area contributed by atoms with Gasteiger partial charge < -0.3 is 9.88 Å². The molecule has 0 radical (unpaired) electrons. The lowest BCUT2D eigenvalue weighted by molar-refractivity contribution is 0.826. The Morgan fingerprint density at radius 3 is 2.60 bits per heavy atom. The second-order valence-corrected chi connectivity index (χ2v) is 4.72. The first-order valence-corrected chi connectivity index (χ1v) is 6.44. The standard InChI is InChI=1S/C14H16N6/c1-10(13-7-8-15-18-13)17-12-5-3-11(4-6-12)14-19-16-9-20(14)2/h3-10,17H,1-2H3,(H,15,18). The average Bonchev–Trinajstić information content (AvgIpc) is 3.11. The Morgan fingerprint density at radius 2 is 2.00 bits per heavy atom. The minimum atomic E-state index is 0.179. The molecule has 0 amide bonds. The smallest absolute Gasteiger partial charge is 0.163 e. The van der Waals surface area contributed by atoms with Gasteiger partial charge in [0, 0.05) is 24.5 Å². The minimum Gasteiger partial charge on any atom is -0.377 e. The number of rotatable bonds is 4. The maximum absolute atomic E-state index is 4.10. The third-order valence-corrected chi connectivity index (χ3v) is 3.23. The largest absolute Gasteiger partial charge is 0.377 e. The van der Waals surface area contributed by atoms with Crippen LogP contribution in [-0.2, 0) is 7.05 Å². The van der Waals surface area contributed by atoms with Crippen LogP contribution in [0.1, 0.15) is 18.7 Å². The molecular weight excluding hydrogens is 252 g/mol. The molecule has 0 saturated heterocycles. The van der Waals surface area contributed by atoms with E-state index in [0.29, 0.717) is 0 Å². The number of aromatic nitrogens is 5. The summed E-state index contributed by atoms with van der Waals surface area (Å²) in [6.07, 6.45) is 3.45. The summed E-state index contributed by atoms with van der Waals surface area (Å²) in [5.74, 6) is 0.859. The van der Waals surface area contributed by atoms with Crippen LogP contribution in [0.4, 0.5) is 5.69 Å². The lowest BCUT2D eigenvalue weighted by atomic mass is 10.1. The van der Waals surface area contributed by atoms with Gasteiger partial charge in [0.2, 0.25) is 0 Å². The van der Waals surface area contributed by atoms with Gasteiger partial charge in [-0.15, -0.1) is 10.2 Å². The molecular formula is C14H16N6. The van der Waals surface area contributed by atoms with Crippen molar-refractivity contribution in [1.29, 1.82) is 0 Å². The molecule has 1 atom stereocenters. The lowest BCUT2D eigenvalue weighted by Gasteiger charge is -2.13. The third-order valence-electron chi connectivity index (χ3n) is 3.23. The van der Waals surface area contributed by atoms with E-state index in [4.69, 9.17) is 0 Å². The van der Waals surface area contributed by atoms with Crippen LogP contribution in [0.2, 0.25) is 0 Å². The minimum absolute atomic E-state index is 0.179. The van der Waals surface area contributed by atoms with E-state index in [1.807, 2.05) is 41.9 Å². The first-order valence-electron chi connectivity index (χ1n) is 6.44. The molecule has 6 heteroatoms. The number of hydrogen-bond donors (Lipinski definition) is 2. The van der Waals surface area contributed by atoms with E-state index in [1.54, 1.807) is 12.5 Å². The molecule has 20 heavy (non-hydrogen) atoms. The molecule has 0 bridgehead atoms. The maximum atomic E-state index is 4.10. The Labute approximate surface area is 116 Å². The van der Waals surface area contributed by atoms with Gasteiger partial charge in [0.25, 0.3) is 0 Å². The summed E-state index contributed by atoms with van der Waals surface area (Å²) in [5.41, 5.74) is 3.16. The van der Waals surface area contributed by atoms with Crippen LogP contribution >= 0.6 is 0 Å². The summed E-state index contributed by atoms with van der Waals surface area (Å²) < 4.78 is 1.90. The SMILES string of the molecule is CC(Nc1ccc(-c2nncn2C)cc1)c1ccn[nH]1. The lowest BCUT2D eigenvalue weighted by Crippen LogP contribution is -2.06. The molecule has 1 aromatic carbocycles. The number of aryl methyl sites for hydroxylation is 1. The van der Waals surface area contributed by atoms with Crippen molar-refractivity contribution in [1.82, 2.24) is 25.0 Å². The number of benzene rings is 1. The molecule has 0 spiro atoms. The molecule has 6 nitrogen and oxygen atoms in total. The van der Waals surface area contributed by atoms with Crippen molar-refractivity contribution >= 4 is 5.69 Å². The van der Waals surface area contributed by atoms with Gasteiger partial charge in [-0.3, -0.25) is 5.10 Å². The molecule has 3 aromatic rings. The van der Waals surface area contributed by atoms with Gasteiger partial charge in [0.15, 0.2) is 5.82 Å². The number of aromatic amines is 1. The van der Waals surface area contributed by atoms with Gasteiger partial charge in [-0.2, -0.15) is 5.10 Å². The Bertz CT molecular complexity index is 668. The highest BCUT2D eigenvalue weighted by atomic mass is 15.2. The Hall–Kier alpha value is -2.63. The average molecular weight is 268 g/mol. The normalized spacial score (nSPS) is 12.3. The molecule has 0 saturated carbocycles. The van der Waals surface area contributed by atoms with Crippen LogP contribution in [0.15, 0.2) is 42.9 Å². The summed E-state index contributed by atoms with van der Waals surface area (Å²) >= 11 is 0. The number of anilines is 1. The summed E-state index contributed by atoms with van der Waals surface area (Å²) in [6, 6.07) is 10.3. The Morgan fingerprint density at radius 1 is 1.20 bits per heavy atom. The molecule has 0 fully saturated rings. The van der Waals surface area contributed by atoms with Crippen molar-refractivity contribution in [2.24, 2.45) is 7.05 Å². The number of hydrogen-bond acceptors (Lipinski definition) is 4. The Kier molecular flexibility index (Phi) is 3.20. The molecule has 102 valence electrons. The van der Waals surface area contributed by atoms with Gasteiger partial charge >= 0.3 is 0 Å². The van der Waals surface area contributed by atoms with Crippen LogP contribution in [0.3, 0.4) is 0 Å². The quantitative estimate of drug-likeness (QED) is 0.762. The summed E-state index contributed by atoms with van der Waals surface area (Å²) in [5, 5.41) is 18.3. The van der Waals surface area contributed by atoms with Crippen molar-refractivity contribution in [3.8, 4) is 11.4 Å². The van der Waals surface area contributed by atoms with Crippen molar-refractivity contribution in [2.45, 2.75) is 13.0 Å². The summed E-state index contributed by atoms with van der Waals surface area (Å²) in [6.45, 7) is 2.09. The van der Waals surface area contributed by atoms with E-state index in [9.17, 15) is 0 Å². The molecule has 2 heterocycles. The zero-order valence-corrected chi connectivity index (χ0v) is 11.4. The van der Waals surface area contributed by atoms with E-state index in [1.165, 1.54) is 0 Å². The van der Waals surface area contributed by atoms with Crippen molar-refractivity contribution in [3.63, 3.8) is 0 Å². The van der Waals surface area contributed by atoms with E-state index >= 15 is 0 Å². The molecule has 2 aromatic heterocycles. The van der Waals surface area contributed by atoms with E-state index in [0.717, 1.165) is 22.8 Å². The van der Waals surface area contributed by atoms with E-state index < -0.39 is 0 Å². The van der Waals surface area contributed by atoms with Gasteiger partial charge in [-0.05, 0) is 37.3 Å². The van der Waals surface area contributed by atoms with Crippen LogP contribution in [0.5, 0.6) is 0 Å². The highest BCUT2D eigenvalue weighted by molar-refractivity contribution is 5.60. The Balaban J connectivity index is 1.75. The fourth-order valence-electron chi connectivity index (χ4n) is 2.10. The van der Waals surface area contributed by atoms with Gasteiger partial charge in [-0.25, -0.2) is 0 Å².